The van der Waals surface area contributed by atoms with Crippen LogP contribution in [0.1, 0.15) is 19.0 Å². The Hall–Kier alpha value is -2.62. The van der Waals surface area contributed by atoms with Gasteiger partial charge in [0.1, 0.15) is 11.9 Å². The highest BCUT2D eigenvalue weighted by atomic mass is 19.4. The maximum atomic E-state index is 13.8. The van der Waals surface area contributed by atoms with Gasteiger partial charge in [-0.15, -0.1) is 0 Å². The maximum Gasteiger partial charge on any atom is 0.408 e. The number of halogens is 3. The lowest BCUT2D eigenvalue weighted by Crippen LogP contribution is -2.52. The molecular weight excluding hydrogens is 387 g/mol. The summed E-state index contributed by atoms with van der Waals surface area (Å²) >= 11 is 0. The molecular formula is C19H22F3N5O2. The monoisotopic (exact) mass is 409 g/mol. The van der Waals surface area contributed by atoms with Gasteiger partial charge in [0.15, 0.2) is 0 Å². The van der Waals surface area contributed by atoms with Crippen LogP contribution in [-0.4, -0.2) is 52.6 Å². The number of anilines is 2. The van der Waals surface area contributed by atoms with E-state index in [0.717, 1.165) is 4.90 Å². The topological polar surface area (TPSA) is 63.5 Å². The lowest BCUT2D eigenvalue weighted by atomic mass is 10.1. The molecule has 2 aliphatic heterocycles. The highest BCUT2D eigenvalue weighted by molar-refractivity contribution is 5.47. The van der Waals surface area contributed by atoms with Crippen molar-refractivity contribution in [3.8, 4) is 0 Å². The van der Waals surface area contributed by atoms with Gasteiger partial charge in [-0.25, -0.2) is 0 Å². The molecule has 0 spiro atoms. The molecule has 0 N–H and O–H groups in total. The molecule has 1 saturated heterocycles. The summed E-state index contributed by atoms with van der Waals surface area (Å²) in [7, 11) is 0. The minimum absolute atomic E-state index is 0.0232. The first-order valence-electron chi connectivity index (χ1n) is 9.54. The number of fused-ring (bicyclic) bond motifs is 1. The first kappa shape index (κ1) is 19.7. The van der Waals surface area contributed by atoms with Crippen molar-refractivity contribution in [1.29, 1.82) is 0 Å². The van der Waals surface area contributed by atoms with Gasteiger partial charge in [0.2, 0.25) is 5.95 Å². The van der Waals surface area contributed by atoms with Gasteiger partial charge in [0.25, 0.3) is 5.56 Å². The van der Waals surface area contributed by atoms with Crippen molar-refractivity contribution in [3.63, 3.8) is 0 Å². The Labute approximate surface area is 165 Å². The van der Waals surface area contributed by atoms with E-state index in [-0.39, 0.29) is 37.1 Å². The van der Waals surface area contributed by atoms with Crippen LogP contribution in [-0.2, 0) is 17.8 Å². The number of pyridine rings is 1. The second-order valence-corrected chi connectivity index (χ2v) is 7.32. The standard InChI is InChI=1S/C19H22F3N5O2/c1-13-12-29-9-8-25(13)16-10-17(28)26-7-5-15(19(20,21)22)27(18(26)24-16)11-14-4-2-3-6-23-14/h2-4,6,10,13,15H,5,7-9,11-12H2,1H3/t13-,15+/m1/s1. The van der Waals surface area contributed by atoms with Gasteiger partial charge in [-0.05, 0) is 25.5 Å². The summed E-state index contributed by atoms with van der Waals surface area (Å²) in [4.78, 5) is 24.5. The van der Waals surface area contributed by atoms with Crippen molar-refractivity contribution >= 4 is 11.8 Å². The Bertz CT molecular complexity index is 918. The molecule has 2 aromatic heterocycles. The van der Waals surface area contributed by atoms with Gasteiger partial charge in [-0.2, -0.15) is 18.2 Å². The quantitative estimate of drug-likeness (QED) is 0.775. The van der Waals surface area contributed by atoms with Crippen LogP contribution in [0.25, 0.3) is 0 Å². The lowest BCUT2D eigenvalue weighted by Gasteiger charge is -2.40. The van der Waals surface area contributed by atoms with Gasteiger partial charge in [0.05, 0.1) is 31.5 Å². The van der Waals surface area contributed by atoms with Gasteiger partial charge in [-0.3, -0.25) is 14.3 Å². The number of alkyl halides is 3. The molecule has 0 aromatic carbocycles. The molecule has 4 heterocycles. The molecule has 0 saturated carbocycles. The zero-order valence-electron chi connectivity index (χ0n) is 16.0. The van der Waals surface area contributed by atoms with Crippen molar-refractivity contribution in [2.24, 2.45) is 0 Å². The minimum Gasteiger partial charge on any atom is -0.377 e. The summed E-state index contributed by atoms with van der Waals surface area (Å²) in [6.07, 6.45) is -3.12. The van der Waals surface area contributed by atoms with Crippen molar-refractivity contribution in [1.82, 2.24) is 14.5 Å². The first-order chi connectivity index (χ1) is 13.8. The SMILES string of the molecule is C[C@@H]1COCCN1c1cc(=O)n2c(n1)N(Cc1ccccn1)[C@H](C(F)(F)F)CC2. The fraction of sp³-hybridized carbons (Fsp3) is 0.526. The number of aromatic nitrogens is 3. The van der Waals surface area contributed by atoms with Gasteiger partial charge in [-0.1, -0.05) is 6.07 Å². The van der Waals surface area contributed by atoms with Crippen molar-refractivity contribution in [2.75, 3.05) is 29.6 Å². The fourth-order valence-electron chi connectivity index (χ4n) is 3.86. The summed E-state index contributed by atoms with van der Waals surface area (Å²) in [5.74, 6) is 0.413. The smallest absolute Gasteiger partial charge is 0.377 e. The van der Waals surface area contributed by atoms with E-state index in [0.29, 0.717) is 31.3 Å². The number of hydrogen-bond donors (Lipinski definition) is 0. The van der Waals surface area contributed by atoms with Crippen LogP contribution in [0.5, 0.6) is 0 Å². The molecule has 0 radical (unpaired) electrons. The van der Waals surface area contributed by atoms with E-state index in [2.05, 4.69) is 9.97 Å². The molecule has 156 valence electrons. The predicted molar refractivity (Wildman–Crippen MR) is 101 cm³/mol. The third-order valence-corrected chi connectivity index (χ3v) is 5.33. The molecule has 7 nitrogen and oxygen atoms in total. The summed E-state index contributed by atoms with van der Waals surface area (Å²) in [6.45, 7) is 3.31. The number of nitrogens with zero attached hydrogens (tertiary/aromatic N) is 5. The largest absolute Gasteiger partial charge is 0.408 e. The van der Waals surface area contributed by atoms with Crippen LogP contribution < -0.4 is 15.4 Å². The van der Waals surface area contributed by atoms with Gasteiger partial charge >= 0.3 is 6.18 Å². The number of ether oxygens (including phenoxy) is 1. The number of rotatable bonds is 3. The Morgan fingerprint density at radius 2 is 2.10 bits per heavy atom. The lowest BCUT2D eigenvalue weighted by molar-refractivity contribution is -0.153. The van der Waals surface area contributed by atoms with Crippen molar-refractivity contribution in [3.05, 3.63) is 46.5 Å². The normalized spacial score (nSPS) is 22.5. The van der Waals surface area contributed by atoms with E-state index in [1.54, 1.807) is 18.2 Å². The van der Waals surface area contributed by atoms with Crippen LogP contribution in [0.15, 0.2) is 35.3 Å². The first-order valence-corrected chi connectivity index (χ1v) is 9.54. The summed E-state index contributed by atoms with van der Waals surface area (Å²) in [5.41, 5.74) is 0.130. The Morgan fingerprint density at radius 1 is 1.28 bits per heavy atom. The van der Waals surface area contributed by atoms with Crippen LogP contribution in [0.3, 0.4) is 0 Å². The average molecular weight is 409 g/mol. The minimum atomic E-state index is -4.44. The fourth-order valence-corrected chi connectivity index (χ4v) is 3.86. The molecule has 10 heteroatoms. The van der Waals surface area contributed by atoms with Crippen molar-refractivity contribution in [2.45, 2.75) is 44.7 Å². The average Bonchev–Trinajstić information content (AvgIpc) is 2.68. The Kier molecular flexibility index (Phi) is 5.20. The van der Waals surface area contributed by atoms with E-state index < -0.39 is 12.2 Å². The third kappa shape index (κ3) is 3.93. The van der Waals surface area contributed by atoms with Crippen molar-refractivity contribution < 1.29 is 17.9 Å². The van der Waals surface area contributed by atoms with Crippen LogP contribution in [0, 0.1) is 0 Å². The second kappa shape index (κ2) is 7.66. The molecule has 2 aliphatic rings. The third-order valence-electron chi connectivity index (χ3n) is 5.33. The summed E-state index contributed by atoms with van der Waals surface area (Å²) < 4.78 is 48.1. The van der Waals surface area contributed by atoms with Crippen LogP contribution in [0.2, 0.25) is 0 Å². The zero-order chi connectivity index (χ0) is 20.6. The molecule has 0 amide bonds. The molecule has 4 rings (SSSR count). The second-order valence-electron chi connectivity index (χ2n) is 7.32. The molecule has 0 bridgehead atoms. The van der Waals surface area contributed by atoms with Crippen LogP contribution >= 0.6 is 0 Å². The van der Waals surface area contributed by atoms with E-state index >= 15 is 0 Å². The molecule has 0 unspecified atom stereocenters. The number of morpholine rings is 1. The molecule has 29 heavy (non-hydrogen) atoms. The Morgan fingerprint density at radius 3 is 2.79 bits per heavy atom. The predicted octanol–water partition coefficient (Wildman–Crippen LogP) is 2.20. The van der Waals surface area contributed by atoms with Gasteiger partial charge in [0, 0.05) is 25.4 Å². The molecule has 1 fully saturated rings. The molecule has 2 aromatic rings. The summed E-state index contributed by atoms with van der Waals surface area (Å²) in [6, 6.07) is 4.74. The van der Waals surface area contributed by atoms with E-state index in [9.17, 15) is 18.0 Å². The zero-order valence-corrected chi connectivity index (χ0v) is 16.0. The van der Waals surface area contributed by atoms with E-state index in [1.807, 2.05) is 11.8 Å². The Balaban J connectivity index is 1.78. The molecule has 2 atom stereocenters. The van der Waals surface area contributed by atoms with E-state index in [4.69, 9.17) is 4.74 Å². The van der Waals surface area contributed by atoms with Gasteiger partial charge < -0.3 is 14.5 Å². The highest BCUT2D eigenvalue weighted by Gasteiger charge is 2.47. The highest BCUT2D eigenvalue weighted by Crippen LogP contribution is 2.35. The maximum absolute atomic E-state index is 13.8. The van der Waals surface area contributed by atoms with Crippen LogP contribution in [0.4, 0.5) is 24.9 Å². The van der Waals surface area contributed by atoms with E-state index in [1.165, 1.54) is 16.8 Å². The molecule has 0 aliphatic carbocycles. The number of hydrogen-bond acceptors (Lipinski definition) is 6. The summed E-state index contributed by atoms with van der Waals surface area (Å²) in [5, 5.41) is 0.